The van der Waals surface area contributed by atoms with Gasteiger partial charge in [-0.3, -0.25) is 9.59 Å². The lowest BCUT2D eigenvalue weighted by atomic mass is 9.97. The quantitative estimate of drug-likeness (QED) is 0.123. The zero-order valence-corrected chi connectivity index (χ0v) is 30.4. The van der Waals surface area contributed by atoms with E-state index in [0.29, 0.717) is 17.0 Å². The van der Waals surface area contributed by atoms with Crippen molar-refractivity contribution < 1.29 is 28.7 Å². The summed E-state index contributed by atoms with van der Waals surface area (Å²) in [5.74, 6) is -1.69. The van der Waals surface area contributed by atoms with Crippen molar-refractivity contribution >= 4 is 59.2 Å². The second-order valence-electron chi connectivity index (χ2n) is 14.0. The Kier molecular flexibility index (Phi) is 11.4. The van der Waals surface area contributed by atoms with Crippen LogP contribution in [-0.4, -0.2) is 60.2 Å². The number of aliphatic carboxylic acids is 1. The highest BCUT2D eigenvalue weighted by molar-refractivity contribution is 6.99. The minimum Gasteiger partial charge on any atom is -0.481 e. The van der Waals surface area contributed by atoms with Crippen molar-refractivity contribution in [2.24, 2.45) is 0 Å². The summed E-state index contributed by atoms with van der Waals surface area (Å²) in [6.07, 6.45) is -1.59. The fourth-order valence-electron chi connectivity index (χ4n) is 6.15. The number of carbonyl (C=O) groups is 3. The first kappa shape index (κ1) is 36.7. The molecule has 1 unspecified atom stereocenters. The van der Waals surface area contributed by atoms with Crippen molar-refractivity contribution in [2.45, 2.75) is 90.1 Å². The standard InChI is InChI=1S/C37H46ClN3O6Si/c1-8-31(47-48(37(5,6)7,26-15-11-9-12-16-26)27-17-13-10-14-18-27)33(41-35(45)46-36(2,3)4)29(23-32(42)43)40-34(44)30-22-24-21-25(38)19-20-28(24)39-30/h9-22,29,31,33,39H,8,23H2,1-7H3,(H,40,44)(H,41,45)(H,42,43)/t29-,31?,33+/m1/s1. The van der Waals surface area contributed by atoms with E-state index >= 15 is 0 Å². The Balaban J connectivity index is 1.84. The third-order valence-electron chi connectivity index (χ3n) is 8.20. The van der Waals surface area contributed by atoms with Gasteiger partial charge in [-0.2, -0.15) is 0 Å². The predicted molar refractivity (Wildman–Crippen MR) is 193 cm³/mol. The van der Waals surface area contributed by atoms with Crippen LogP contribution in [0.1, 0.15) is 71.8 Å². The number of aromatic amines is 1. The van der Waals surface area contributed by atoms with E-state index in [1.807, 2.05) is 43.3 Å². The van der Waals surface area contributed by atoms with Gasteiger partial charge in [-0.1, -0.05) is 100.0 Å². The van der Waals surface area contributed by atoms with Gasteiger partial charge in [-0.05, 0) is 66.9 Å². The van der Waals surface area contributed by atoms with Crippen LogP contribution in [-0.2, 0) is 14.0 Å². The Morgan fingerprint density at radius 3 is 1.96 bits per heavy atom. The number of amides is 2. The summed E-state index contributed by atoms with van der Waals surface area (Å²) in [5, 5.41) is 18.8. The maximum absolute atomic E-state index is 13.8. The molecule has 4 rings (SSSR count). The number of carboxylic acids is 1. The molecule has 0 radical (unpaired) electrons. The molecule has 256 valence electrons. The minimum atomic E-state index is -3.18. The normalized spacial score (nSPS) is 14.2. The van der Waals surface area contributed by atoms with Gasteiger partial charge in [0.1, 0.15) is 11.3 Å². The molecular weight excluding hydrogens is 646 g/mol. The van der Waals surface area contributed by atoms with Gasteiger partial charge in [0, 0.05) is 15.9 Å². The molecule has 0 bridgehead atoms. The smallest absolute Gasteiger partial charge is 0.408 e. The largest absolute Gasteiger partial charge is 0.481 e. The summed E-state index contributed by atoms with van der Waals surface area (Å²) in [4.78, 5) is 42.7. The number of rotatable bonds is 12. The van der Waals surface area contributed by atoms with Crippen LogP contribution < -0.4 is 21.0 Å². The van der Waals surface area contributed by atoms with Crippen molar-refractivity contribution in [3.8, 4) is 0 Å². The van der Waals surface area contributed by atoms with Crippen LogP contribution in [0, 0.1) is 0 Å². The number of nitrogens with one attached hydrogen (secondary N) is 3. The Hall–Kier alpha value is -4.12. The van der Waals surface area contributed by atoms with Crippen LogP contribution in [0.15, 0.2) is 84.9 Å². The fraction of sp³-hybridized carbons (Fsp3) is 0.378. The summed E-state index contributed by atoms with van der Waals surface area (Å²) in [7, 11) is -3.18. The Morgan fingerprint density at radius 1 is 0.875 bits per heavy atom. The number of fused-ring (bicyclic) bond motifs is 1. The summed E-state index contributed by atoms with van der Waals surface area (Å²) in [6.45, 7) is 13.6. The molecule has 2 amide bonds. The van der Waals surface area contributed by atoms with E-state index in [1.54, 1.807) is 45.0 Å². The van der Waals surface area contributed by atoms with Crippen molar-refractivity contribution in [3.63, 3.8) is 0 Å². The van der Waals surface area contributed by atoms with E-state index in [9.17, 15) is 19.5 Å². The van der Waals surface area contributed by atoms with Crippen LogP contribution >= 0.6 is 11.6 Å². The maximum atomic E-state index is 13.8. The molecule has 0 saturated carbocycles. The van der Waals surface area contributed by atoms with Crippen molar-refractivity contribution in [1.82, 2.24) is 15.6 Å². The maximum Gasteiger partial charge on any atom is 0.408 e. The predicted octanol–water partition coefficient (Wildman–Crippen LogP) is 6.64. The van der Waals surface area contributed by atoms with Gasteiger partial charge < -0.3 is 29.9 Å². The van der Waals surface area contributed by atoms with Gasteiger partial charge in [-0.25, -0.2) is 4.79 Å². The lowest BCUT2D eigenvalue weighted by Gasteiger charge is -2.47. The molecule has 0 spiro atoms. The monoisotopic (exact) mass is 691 g/mol. The Bertz CT molecular complexity index is 1680. The number of hydrogen-bond acceptors (Lipinski definition) is 5. The average molecular weight is 692 g/mol. The molecule has 4 N–H and O–H groups in total. The summed E-state index contributed by atoms with van der Waals surface area (Å²) in [6, 6.07) is 24.9. The number of hydrogen-bond donors (Lipinski definition) is 4. The van der Waals surface area contributed by atoms with Crippen molar-refractivity contribution in [2.75, 3.05) is 0 Å². The van der Waals surface area contributed by atoms with Crippen LogP contribution in [0.25, 0.3) is 10.9 Å². The lowest BCUT2D eigenvalue weighted by Crippen LogP contribution is -2.70. The first-order valence-corrected chi connectivity index (χ1v) is 18.4. The van der Waals surface area contributed by atoms with E-state index in [1.165, 1.54) is 0 Å². The van der Waals surface area contributed by atoms with E-state index in [-0.39, 0.29) is 5.69 Å². The van der Waals surface area contributed by atoms with Crippen LogP contribution in [0.5, 0.6) is 0 Å². The summed E-state index contributed by atoms with van der Waals surface area (Å²) < 4.78 is 13.1. The Labute approximate surface area is 288 Å². The lowest BCUT2D eigenvalue weighted by molar-refractivity contribution is -0.137. The summed E-state index contributed by atoms with van der Waals surface area (Å²) in [5.41, 5.74) is 0.0932. The zero-order valence-electron chi connectivity index (χ0n) is 28.6. The second-order valence-corrected chi connectivity index (χ2v) is 18.7. The second kappa shape index (κ2) is 15.0. The van der Waals surface area contributed by atoms with Gasteiger partial charge in [0.2, 0.25) is 0 Å². The highest BCUT2D eigenvalue weighted by atomic mass is 35.5. The molecule has 1 aromatic heterocycles. The third kappa shape index (κ3) is 8.66. The van der Waals surface area contributed by atoms with Crippen LogP contribution in [0.2, 0.25) is 10.1 Å². The van der Waals surface area contributed by atoms with E-state index in [2.05, 4.69) is 60.7 Å². The number of benzene rings is 3. The first-order chi connectivity index (χ1) is 22.5. The van der Waals surface area contributed by atoms with Gasteiger partial charge >= 0.3 is 12.1 Å². The molecule has 0 aliphatic rings. The fourth-order valence-corrected chi connectivity index (χ4v) is 11.1. The zero-order chi connectivity index (χ0) is 35.3. The summed E-state index contributed by atoms with van der Waals surface area (Å²) >= 11 is 6.17. The van der Waals surface area contributed by atoms with Crippen LogP contribution in [0.4, 0.5) is 4.79 Å². The molecule has 3 aromatic carbocycles. The molecule has 0 saturated heterocycles. The Morgan fingerprint density at radius 2 is 1.46 bits per heavy atom. The molecule has 9 nitrogen and oxygen atoms in total. The number of ether oxygens (including phenoxy) is 1. The number of H-pyrrole nitrogens is 1. The van der Waals surface area contributed by atoms with Crippen molar-refractivity contribution in [3.05, 3.63) is 95.6 Å². The topological polar surface area (TPSA) is 130 Å². The first-order valence-electron chi connectivity index (χ1n) is 16.1. The van der Waals surface area contributed by atoms with Crippen LogP contribution in [0.3, 0.4) is 0 Å². The van der Waals surface area contributed by atoms with E-state index in [0.717, 1.165) is 15.8 Å². The van der Waals surface area contributed by atoms with E-state index in [4.69, 9.17) is 20.8 Å². The van der Waals surface area contributed by atoms with Gasteiger partial charge in [0.15, 0.2) is 0 Å². The number of carboxylic acid groups (broad SMARTS) is 1. The average Bonchev–Trinajstić information content (AvgIpc) is 3.43. The number of carbonyl (C=O) groups excluding carboxylic acids is 2. The van der Waals surface area contributed by atoms with E-state index < -0.39 is 61.5 Å². The highest BCUT2D eigenvalue weighted by Gasteiger charge is 2.53. The molecule has 0 aliphatic carbocycles. The third-order valence-corrected chi connectivity index (χ3v) is 13.5. The number of halogens is 1. The molecule has 1 heterocycles. The number of aromatic nitrogens is 1. The van der Waals surface area contributed by atoms with Crippen molar-refractivity contribution in [1.29, 1.82) is 0 Å². The molecule has 48 heavy (non-hydrogen) atoms. The highest BCUT2D eigenvalue weighted by Crippen LogP contribution is 2.38. The van der Waals surface area contributed by atoms with Gasteiger partial charge in [0.05, 0.1) is 24.6 Å². The minimum absolute atomic E-state index is 0.222. The molecule has 11 heteroatoms. The molecular formula is C37H46ClN3O6Si. The molecule has 0 fully saturated rings. The number of alkyl carbamates (subject to hydrolysis) is 1. The van der Waals surface area contributed by atoms with Gasteiger partial charge in [0.25, 0.3) is 14.2 Å². The molecule has 3 atom stereocenters. The molecule has 0 aliphatic heterocycles. The molecule has 4 aromatic rings. The van der Waals surface area contributed by atoms with Gasteiger partial charge in [-0.15, -0.1) is 0 Å². The SMILES string of the molecule is CCC(O[Si](c1ccccc1)(c1ccccc1)C(C)(C)C)[C@@H](NC(=O)OC(C)(C)C)[C@@H](CC(=O)O)NC(=O)c1cc2cc(Cl)ccc2[nH]1.